The van der Waals surface area contributed by atoms with E-state index in [2.05, 4.69) is 38.2 Å². The second-order valence-electron chi connectivity index (χ2n) is 12.8. The van der Waals surface area contributed by atoms with Gasteiger partial charge in [-0.2, -0.15) is 0 Å². The maximum atomic E-state index is 14.4. The summed E-state index contributed by atoms with van der Waals surface area (Å²) in [6.07, 6.45) is 8.12. The molecule has 0 spiro atoms. The van der Waals surface area contributed by atoms with Crippen molar-refractivity contribution < 1.29 is 33.4 Å². The van der Waals surface area contributed by atoms with Crippen LogP contribution < -0.4 is 24.4 Å². The second kappa shape index (κ2) is 17.2. The van der Waals surface area contributed by atoms with Crippen LogP contribution in [-0.2, 0) is 0 Å². The Balaban J connectivity index is 2.12. The quantitative estimate of drug-likeness (QED) is 0.238. The van der Waals surface area contributed by atoms with Crippen LogP contribution >= 0.6 is 0 Å². The zero-order valence-corrected chi connectivity index (χ0v) is 30.3. The third kappa shape index (κ3) is 10.6. The van der Waals surface area contributed by atoms with Gasteiger partial charge in [0.15, 0.2) is 11.5 Å². The highest BCUT2D eigenvalue weighted by Gasteiger charge is 2.32. The van der Waals surface area contributed by atoms with Crippen molar-refractivity contribution in [2.45, 2.75) is 53.4 Å². The first-order chi connectivity index (χ1) is 23.1. The number of carbonyl (C=O) groups excluding carboxylic acids is 4. The van der Waals surface area contributed by atoms with Crippen molar-refractivity contribution in [3.05, 3.63) is 70.8 Å². The van der Waals surface area contributed by atoms with Crippen LogP contribution in [-0.4, -0.2) is 87.7 Å². The van der Waals surface area contributed by atoms with Crippen LogP contribution in [0.3, 0.4) is 0 Å². The normalized spacial score (nSPS) is 12.5. The van der Waals surface area contributed by atoms with E-state index in [1.165, 1.54) is 71.1 Å². The molecule has 49 heavy (non-hydrogen) atoms. The first-order valence-electron chi connectivity index (χ1n) is 16.1. The number of allylic oxidation sites excluding steroid dienone is 5. The van der Waals surface area contributed by atoms with Gasteiger partial charge in [0, 0.05) is 61.0 Å². The summed E-state index contributed by atoms with van der Waals surface area (Å²) >= 11 is 0. The first kappa shape index (κ1) is 38.2. The number of para-hydroxylation sites is 1. The van der Waals surface area contributed by atoms with Crippen LogP contribution in [0.2, 0.25) is 0 Å². The lowest BCUT2D eigenvalue weighted by atomic mass is 10.1. The molecule has 0 atom stereocenters. The molecule has 0 saturated carbocycles. The molecular formula is C37H49N5O7. The van der Waals surface area contributed by atoms with E-state index in [-0.39, 0.29) is 46.4 Å². The van der Waals surface area contributed by atoms with Gasteiger partial charge in [-0.3, -0.25) is 4.79 Å². The summed E-state index contributed by atoms with van der Waals surface area (Å²) in [7, 11) is 9.23. The second-order valence-corrected chi connectivity index (χ2v) is 12.8. The third-order valence-corrected chi connectivity index (χ3v) is 7.54. The Labute approximate surface area is 289 Å². The molecule has 1 N–H and O–H groups in total. The molecule has 0 bridgehead atoms. The summed E-state index contributed by atoms with van der Waals surface area (Å²) in [4.78, 5) is 57.7. The number of amides is 4. The van der Waals surface area contributed by atoms with Crippen molar-refractivity contribution in [3.63, 3.8) is 0 Å². The third-order valence-electron chi connectivity index (χ3n) is 7.54. The van der Waals surface area contributed by atoms with E-state index >= 15 is 0 Å². The maximum absolute atomic E-state index is 14.4. The van der Waals surface area contributed by atoms with Crippen LogP contribution in [0.4, 0.5) is 31.4 Å². The van der Waals surface area contributed by atoms with Crippen molar-refractivity contribution in [1.29, 1.82) is 0 Å². The maximum Gasteiger partial charge on any atom is 0.414 e. The number of anilines is 3. The fourth-order valence-corrected chi connectivity index (χ4v) is 4.69. The molecule has 0 saturated heterocycles. The first-order valence-corrected chi connectivity index (χ1v) is 16.1. The number of fused-ring (bicyclic) bond motifs is 2. The smallest absolute Gasteiger partial charge is 0.410 e. The zero-order chi connectivity index (χ0) is 36.4. The minimum Gasteiger partial charge on any atom is -0.410 e. The van der Waals surface area contributed by atoms with Gasteiger partial charge in [0.2, 0.25) is 0 Å². The predicted molar refractivity (Wildman–Crippen MR) is 192 cm³/mol. The molecule has 2 aromatic carbocycles. The molecule has 1 aliphatic rings. The summed E-state index contributed by atoms with van der Waals surface area (Å²) in [5.74, 6) is -0.266. The molecule has 1 heterocycles. The van der Waals surface area contributed by atoms with E-state index in [4.69, 9.17) is 14.2 Å². The number of carbonyl (C=O) groups is 4. The van der Waals surface area contributed by atoms with Gasteiger partial charge in [-0.25, -0.2) is 14.4 Å². The van der Waals surface area contributed by atoms with Crippen LogP contribution in [0.15, 0.2) is 65.3 Å². The molecule has 12 nitrogen and oxygen atoms in total. The van der Waals surface area contributed by atoms with Gasteiger partial charge >= 0.3 is 18.3 Å². The molecular weight excluding hydrogens is 626 g/mol. The van der Waals surface area contributed by atoms with Gasteiger partial charge in [0.05, 0.1) is 16.9 Å². The van der Waals surface area contributed by atoms with Gasteiger partial charge in [-0.15, -0.1) is 0 Å². The van der Waals surface area contributed by atoms with Gasteiger partial charge < -0.3 is 39.1 Å². The van der Waals surface area contributed by atoms with Crippen LogP contribution in [0.5, 0.6) is 17.2 Å². The molecule has 12 heteroatoms. The molecule has 0 fully saturated rings. The van der Waals surface area contributed by atoms with Crippen molar-refractivity contribution >= 4 is 41.2 Å². The number of rotatable bonds is 11. The average molecular weight is 676 g/mol. The minimum atomic E-state index is -0.699. The molecule has 0 aliphatic carbocycles. The fraction of sp³-hybridized carbons (Fsp3) is 0.405. The molecule has 3 rings (SSSR count). The van der Waals surface area contributed by atoms with E-state index in [1.807, 2.05) is 13.0 Å². The predicted octanol–water partition coefficient (Wildman–Crippen LogP) is 7.99. The fourth-order valence-electron chi connectivity index (χ4n) is 4.69. The Kier molecular flexibility index (Phi) is 13.4. The number of hydrogen-bond donors (Lipinski definition) is 1. The van der Waals surface area contributed by atoms with Crippen LogP contribution in [0, 0.1) is 0 Å². The molecule has 4 amide bonds. The summed E-state index contributed by atoms with van der Waals surface area (Å²) in [5.41, 5.74) is 4.67. The Morgan fingerprint density at radius 2 is 1.27 bits per heavy atom. The van der Waals surface area contributed by atoms with Crippen molar-refractivity contribution in [1.82, 2.24) is 14.7 Å². The lowest BCUT2D eigenvalue weighted by molar-refractivity contribution is 0.0990. The van der Waals surface area contributed by atoms with E-state index in [0.717, 1.165) is 31.3 Å². The van der Waals surface area contributed by atoms with Gasteiger partial charge in [0.1, 0.15) is 11.4 Å². The van der Waals surface area contributed by atoms with Crippen molar-refractivity contribution in [3.8, 4) is 17.2 Å². The molecule has 0 aromatic heterocycles. The number of hydrogen-bond acceptors (Lipinski definition) is 8. The minimum absolute atomic E-state index is 0.00780. The molecule has 1 aliphatic heterocycles. The van der Waals surface area contributed by atoms with E-state index in [0.29, 0.717) is 0 Å². The number of benzene rings is 2. The summed E-state index contributed by atoms with van der Waals surface area (Å²) in [6.45, 7) is 8.50. The van der Waals surface area contributed by atoms with Gasteiger partial charge in [-0.05, 0) is 65.5 Å². The Morgan fingerprint density at radius 1 is 0.714 bits per heavy atom. The lowest BCUT2D eigenvalue weighted by Gasteiger charge is -2.24. The Morgan fingerprint density at radius 3 is 1.86 bits per heavy atom. The summed E-state index contributed by atoms with van der Waals surface area (Å²) in [5, 5.41) is 3.21. The number of nitrogens with one attached hydrogen (secondary N) is 1. The lowest BCUT2D eigenvalue weighted by Crippen LogP contribution is -2.31. The summed E-state index contributed by atoms with van der Waals surface area (Å²) in [6, 6.07) is 7.73. The van der Waals surface area contributed by atoms with Crippen molar-refractivity contribution in [2.75, 3.05) is 59.0 Å². The Bertz CT molecular complexity index is 1650. The highest BCUT2D eigenvalue weighted by Crippen LogP contribution is 2.47. The van der Waals surface area contributed by atoms with E-state index < -0.39 is 24.2 Å². The Hall–Kier alpha value is -5.26. The SMILES string of the molecule is CC(C)=CCCC(C)=CCCC(C)=CCN1C(=O)c2cccc(OC(=O)N(C)C)c2Nc2c(OC(=O)N(C)C)cc(OC(=O)N(C)C)cc21. The molecule has 264 valence electrons. The van der Waals surface area contributed by atoms with Gasteiger partial charge in [-0.1, -0.05) is 41.0 Å². The number of nitrogens with zero attached hydrogens (tertiary/aromatic N) is 4. The molecule has 2 aromatic rings. The van der Waals surface area contributed by atoms with E-state index in [9.17, 15) is 19.2 Å². The highest BCUT2D eigenvalue weighted by molar-refractivity contribution is 6.15. The van der Waals surface area contributed by atoms with Gasteiger partial charge in [0.25, 0.3) is 5.91 Å². The molecule has 0 unspecified atom stereocenters. The van der Waals surface area contributed by atoms with E-state index in [1.54, 1.807) is 32.3 Å². The topological polar surface area (TPSA) is 121 Å². The number of ether oxygens (including phenoxy) is 3. The zero-order valence-electron chi connectivity index (χ0n) is 30.3. The van der Waals surface area contributed by atoms with Crippen LogP contribution in [0.1, 0.15) is 63.7 Å². The standard InChI is InChI=1S/C37H49N5O7/c1-24(2)14-11-15-25(3)16-12-17-26(4)20-21-42-29-22-27(47-35(44)39(5)6)23-31(49-37(46)41(9)10)33(29)38-32-28(34(42)43)18-13-19-30(32)48-36(45)40(7)8/h13-14,16,18-20,22-23,38H,11-12,15,17,21H2,1-10H3. The monoisotopic (exact) mass is 675 g/mol. The molecule has 0 radical (unpaired) electrons. The van der Waals surface area contributed by atoms with Crippen LogP contribution in [0.25, 0.3) is 0 Å². The van der Waals surface area contributed by atoms with Crippen molar-refractivity contribution in [2.24, 2.45) is 0 Å². The average Bonchev–Trinajstić information content (AvgIpc) is 3.14. The highest BCUT2D eigenvalue weighted by atomic mass is 16.6. The largest absolute Gasteiger partial charge is 0.414 e. The summed E-state index contributed by atoms with van der Waals surface area (Å²) < 4.78 is 17.0.